The molecule has 2 aromatic rings. The number of carbonyl (C=O) groups excluding carboxylic acids is 1. The molecule has 1 aliphatic rings. The van der Waals surface area contributed by atoms with Gasteiger partial charge in [0.2, 0.25) is 10.0 Å². The minimum atomic E-state index is -4.23. The van der Waals surface area contributed by atoms with Crippen molar-refractivity contribution < 1.29 is 31.5 Å². The Morgan fingerprint density at radius 1 is 1.10 bits per heavy atom. The summed E-state index contributed by atoms with van der Waals surface area (Å²) in [5.41, 5.74) is -0.361. The lowest BCUT2D eigenvalue weighted by Gasteiger charge is -2.28. The van der Waals surface area contributed by atoms with Gasteiger partial charge in [-0.2, -0.15) is 4.31 Å². The van der Waals surface area contributed by atoms with E-state index in [2.05, 4.69) is 5.32 Å². The van der Waals surface area contributed by atoms with Gasteiger partial charge in [0.1, 0.15) is 10.7 Å². The summed E-state index contributed by atoms with van der Waals surface area (Å²) in [7, 11) is -4.23. The number of nitrogens with one attached hydrogen (secondary N) is 1. The van der Waals surface area contributed by atoms with Crippen LogP contribution in [0.2, 0.25) is 5.02 Å². The average molecular weight is 449 g/mol. The molecule has 0 bridgehead atoms. The summed E-state index contributed by atoms with van der Waals surface area (Å²) in [5.74, 6) is -4.45. The molecule has 2 N–H and O–H groups in total. The van der Waals surface area contributed by atoms with E-state index in [9.17, 15) is 31.5 Å². The third kappa shape index (κ3) is 4.55. The van der Waals surface area contributed by atoms with Crippen molar-refractivity contribution in [1.82, 2.24) is 4.31 Å². The van der Waals surface area contributed by atoms with E-state index in [4.69, 9.17) is 11.6 Å². The van der Waals surface area contributed by atoms with Gasteiger partial charge in [-0.05, 0) is 37.1 Å². The Morgan fingerprint density at radius 3 is 2.38 bits per heavy atom. The fourth-order valence-electron chi connectivity index (χ4n) is 2.89. The Labute approximate surface area is 169 Å². The molecule has 0 atom stereocenters. The molecule has 3 rings (SSSR count). The summed E-state index contributed by atoms with van der Waals surface area (Å²) in [5, 5.41) is 11.2. The molecule has 0 unspecified atom stereocenters. The molecule has 0 saturated carbocycles. The van der Waals surface area contributed by atoms with Gasteiger partial charge in [0.15, 0.2) is 11.6 Å². The summed E-state index contributed by atoms with van der Waals surface area (Å²) in [6, 6.07) is 4.45. The van der Waals surface area contributed by atoms with Crippen molar-refractivity contribution >= 4 is 33.2 Å². The van der Waals surface area contributed by atoms with Gasteiger partial charge in [-0.15, -0.1) is 0 Å². The predicted molar refractivity (Wildman–Crippen MR) is 99.7 cm³/mol. The number of aliphatic hydroxyl groups is 1. The Morgan fingerprint density at radius 2 is 1.76 bits per heavy atom. The number of aliphatic hydroxyl groups excluding tert-OH is 1. The van der Waals surface area contributed by atoms with Crippen molar-refractivity contribution in [2.45, 2.75) is 23.8 Å². The zero-order valence-electron chi connectivity index (χ0n) is 14.8. The van der Waals surface area contributed by atoms with Gasteiger partial charge in [0.05, 0.1) is 11.1 Å². The number of hydrogen-bond acceptors (Lipinski definition) is 4. The first kappa shape index (κ1) is 21.6. The number of carbonyl (C=O) groups is 1. The van der Waals surface area contributed by atoms with Crippen LogP contribution in [0.25, 0.3) is 0 Å². The van der Waals surface area contributed by atoms with Gasteiger partial charge in [-0.1, -0.05) is 11.6 Å². The summed E-state index contributed by atoms with van der Waals surface area (Å²) in [6.07, 6.45) is -0.179. The summed E-state index contributed by atoms with van der Waals surface area (Å²) >= 11 is 5.53. The lowest BCUT2D eigenvalue weighted by molar-refractivity contribution is 0.102. The minimum Gasteiger partial charge on any atom is -0.393 e. The van der Waals surface area contributed by atoms with Crippen molar-refractivity contribution in [2.75, 3.05) is 18.4 Å². The molecular weight excluding hydrogens is 433 g/mol. The van der Waals surface area contributed by atoms with Crippen LogP contribution in [-0.2, 0) is 10.0 Å². The van der Waals surface area contributed by atoms with Crippen LogP contribution < -0.4 is 5.32 Å². The normalized spacial score (nSPS) is 16.0. The zero-order chi connectivity index (χ0) is 21.3. The Bertz CT molecular complexity index is 1030. The van der Waals surface area contributed by atoms with E-state index in [1.165, 1.54) is 0 Å². The van der Waals surface area contributed by atoms with Crippen molar-refractivity contribution in [3.8, 4) is 0 Å². The maximum Gasteiger partial charge on any atom is 0.255 e. The number of piperidine rings is 1. The minimum absolute atomic E-state index is 0.0206. The highest BCUT2D eigenvalue weighted by Crippen LogP contribution is 2.26. The van der Waals surface area contributed by atoms with Gasteiger partial charge in [0.25, 0.3) is 5.91 Å². The number of sulfonamides is 1. The molecule has 0 radical (unpaired) electrons. The van der Waals surface area contributed by atoms with E-state index in [0.717, 1.165) is 28.6 Å². The second kappa shape index (κ2) is 8.31. The number of halogens is 4. The molecule has 0 aromatic heterocycles. The van der Waals surface area contributed by atoms with Crippen molar-refractivity contribution in [1.29, 1.82) is 0 Å². The molecular formula is C18H16ClF3N2O4S. The average Bonchev–Trinajstić information content (AvgIpc) is 2.66. The number of benzene rings is 2. The topological polar surface area (TPSA) is 86.7 Å². The number of rotatable bonds is 4. The molecule has 11 heteroatoms. The van der Waals surface area contributed by atoms with Gasteiger partial charge in [0, 0.05) is 30.4 Å². The molecule has 1 fully saturated rings. The van der Waals surface area contributed by atoms with Crippen LogP contribution in [0.3, 0.4) is 0 Å². The highest BCUT2D eigenvalue weighted by Gasteiger charge is 2.31. The molecule has 2 aromatic carbocycles. The molecule has 1 saturated heterocycles. The summed E-state index contributed by atoms with van der Waals surface area (Å²) in [6.45, 7) is 0.0411. The first-order valence-electron chi connectivity index (χ1n) is 8.53. The van der Waals surface area contributed by atoms with E-state index < -0.39 is 49.4 Å². The Kier molecular flexibility index (Phi) is 6.18. The Hall–Kier alpha value is -2.14. The SMILES string of the molecule is O=C(Nc1cc(F)c(F)c(Cl)c1)c1ccc(F)c(S(=O)(=O)N2CCC(O)CC2)c1. The maximum atomic E-state index is 14.2. The second-order valence-corrected chi connectivity index (χ2v) is 8.80. The van der Waals surface area contributed by atoms with Crippen LogP contribution in [0, 0.1) is 17.5 Å². The van der Waals surface area contributed by atoms with Gasteiger partial charge in [-0.25, -0.2) is 21.6 Å². The fourth-order valence-corrected chi connectivity index (χ4v) is 4.66. The van der Waals surface area contributed by atoms with Crippen LogP contribution in [0.1, 0.15) is 23.2 Å². The van der Waals surface area contributed by atoms with Gasteiger partial charge in [-0.3, -0.25) is 4.79 Å². The van der Waals surface area contributed by atoms with Gasteiger partial charge >= 0.3 is 0 Å². The van der Waals surface area contributed by atoms with Crippen molar-refractivity contribution in [3.63, 3.8) is 0 Å². The first-order chi connectivity index (χ1) is 13.6. The monoisotopic (exact) mass is 448 g/mol. The predicted octanol–water partition coefficient (Wildman–Crippen LogP) is 3.16. The van der Waals surface area contributed by atoms with E-state index >= 15 is 0 Å². The van der Waals surface area contributed by atoms with Crippen LogP contribution in [0.15, 0.2) is 35.2 Å². The molecule has 6 nitrogen and oxygen atoms in total. The van der Waals surface area contributed by atoms with Crippen LogP contribution >= 0.6 is 11.6 Å². The van der Waals surface area contributed by atoms with Crippen LogP contribution in [0.5, 0.6) is 0 Å². The van der Waals surface area contributed by atoms with Crippen LogP contribution in [0.4, 0.5) is 18.9 Å². The van der Waals surface area contributed by atoms with Crippen molar-refractivity contribution in [2.24, 2.45) is 0 Å². The fraction of sp³-hybridized carbons (Fsp3) is 0.278. The smallest absolute Gasteiger partial charge is 0.255 e. The molecule has 1 aliphatic heterocycles. The molecule has 1 amide bonds. The number of nitrogens with zero attached hydrogens (tertiary/aromatic N) is 1. The van der Waals surface area contributed by atoms with E-state index in [1.807, 2.05) is 0 Å². The van der Waals surface area contributed by atoms with E-state index in [1.54, 1.807) is 0 Å². The molecule has 0 aliphatic carbocycles. The summed E-state index contributed by atoms with van der Waals surface area (Å²) in [4.78, 5) is 11.7. The third-order valence-electron chi connectivity index (χ3n) is 4.48. The zero-order valence-corrected chi connectivity index (χ0v) is 16.4. The number of amides is 1. The third-order valence-corrected chi connectivity index (χ3v) is 6.67. The highest BCUT2D eigenvalue weighted by atomic mass is 35.5. The first-order valence-corrected chi connectivity index (χ1v) is 10.3. The molecule has 29 heavy (non-hydrogen) atoms. The largest absolute Gasteiger partial charge is 0.393 e. The standard InChI is InChI=1S/C18H16ClF3N2O4S/c19-13-8-11(9-15(21)17(13)22)23-18(26)10-1-2-14(20)16(7-10)29(27,28)24-5-3-12(25)4-6-24/h1-2,7-9,12,25H,3-6H2,(H,23,26). The second-order valence-electron chi connectivity index (χ2n) is 6.49. The quantitative estimate of drug-likeness (QED) is 0.703. The van der Waals surface area contributed by atoms with E-state index in [-0.39, 0.29) is 37.2 Å². The lowest BCUT2D eigenvalue weighted by Crippen LogP contribution is -2.40. The summed E-state index contributed by atoms with van der Waals surface area (Å²) < 4.78 is 67.4. The molecule has 156 valence electrons. The van der Waals surface area contributed by atoms with Gasteiger partial charge < -0.3 is 10.4 Å². The highest BCUT2D eigenvalue weighted by molar-refractivity contribution is 7.89. The number of anilines is 1. The molecule has 0 spiro atoms. The van der Waals surface area contributed by atoms with E-state index in [0.29, 0.717) is 6.07 Å². The molecule has 1 heterocycles. The van der Waals surface area contributed by atoms with Crippen molar-refractivity contribution in [3.05, 3.63) is 58.4 Å². The lowest BCUT2D eigenvalue weighted by atomic mass is 10.1. The number of hydrogen-bond donors (Lipinski definition) is 2. The maximum absolute atomic E-state index is 14.2. The Balaban J connectivity index is 1.87. The van der Waals surface area contributed by atoms with Crippen LogP contribution in [-0.4, -0.2) is 42.9 Å².